The van der Waals surface area contributed by atoms with E-state index in [2.05, 4.69) is 37.8 Å². The van der Waals surface area contributed by atoms with Gasteiger partial charge in [0.05, 0.1) is 0 Å². The fourth-order valence-electron chi connectivity index (χ4n) is 2.26. The fraction of sp³-hybridized carbons (Fsp3) is 0.500. The van der Waals surface area contributed by atoms with Crippen molar-refractivity contribution in [1.29, 1.82) is 0 Å². The molecule has 1 unspecified atom stereocenters. The van der Waals surface area contributed by atoms with Crippen molar-refractivity contribution in [2.45, 2.75) is 52.9 Å². The maximum atomic E-state index is 11.9. The minimum atomic E-state index is -0.216. The van der Waals surface area contributed by atoms with E-state index in [1.165, 1.54) is 11.1 Å². The Morgan fingerprint density at radius 2 is 1.95 bits per heavy atom. The van der Waals surface area contributed by atoms with Gasteiger partial charge in [-0.15, -0.1) is 6.58 Å². The summed E-state index contributed by atoms with van der Waals surface area (Å²) in [5.41, 5.74) is 2.42. The van der Waals surface area contributed by atoms with Crippen LogP contribution in [0.4, 0.5) is 0 Å². The van der Waals surface area contributed by atoms with Crippen molar-refractivity contribution < 1.29 is 4.79 Å². The molecule has 0 saturated heterocycles. The largest absolute Gasteiger partial charge is 0.299 e. The number of allylic oxidation sites excluding steroid dienone is 1. The maximum absolute atomic E-state index is 11.9. The summed E-state index contributed by atoms with van der Waals surface area (Å²) in [5, 5.41) is 0. The van der Waals surface area contributed by atoms with Gasteiger partial charge >= 0.3 is 0 Å². The van der Waals surface area contributed by atoms with Crippen molar-refractivity contribution in [2.75, 3.05) is 0 Å². The molecular formula is C18H26O. The lowest BCUT2D eigenvalue weighted by atomic mass is 9.85. The van der Waals surface area contributed by atoms with Gasteiger partial charge in [0, 0.05) is 17.8 Å². The number of hydrogen-bond acceptors (Lipinski definition) is 1. The third-order valence-electron chi connectivity index (χ3n) is 3.63. The van der Waals surface area contributed by atoms with Crippen LogP contribution in [0, 0.1) is 12.3 Å². The summed E-state index contributed by atoms with van der Waals surface area (Å²) >= 11 is 0. The average Bonchev–Trinajstić information content (AvgIpc) is 2.34. The summed E-state index contributed by atoms with van der Waals surface area (Å²) in [5.74, 6) is 0.703. The molecule has 0 aromatic heterocycles. The lowest BCUT2D eigenvalue weighted by molar-refractivity contribution is -0.126. The highest BCUT2D eigenvalue weighted by Crippen LogP contribution is 2.27. The zero-order valence-electron chi connectivity index (χ0n) is 12.7. The molecule has 0 aliphatic heterocycles. The van der Waals surface area contributed by atoms with E-state index in [1.807, 2.05) is 26.8 Å². The SMILES string of the molecule is C=CC(CCCC(=O)C(C)(C)C)c1ccccc1C. The molecule has 0 saturated carbocycles. The molecule has 0 aliphatic carbocycles. The fourth-order valence-corrected chi connectivity index (χ4v) is 2.26. The third kappa shape index (κ3) is 4.66. The molecule has 0 amide bonds. The number of hydrogen-bond donors (Lipinski definition) is 0. The van der Waals surface area contributed by atoms with Gasteiger partial charge in [0.15, 0.2) is 0 Å². The molecular weight excluding hydrogens is 232 g/mol. The Morgan fingerprint density at radius 3 is 2.47 bits per heavy atom. The number of rotatable bonds is 6. The van der Waals surface area contributed by atoms with Crippen molar-refractivity contribution in [1.82, 2.24) is 0 Å². The van der Waals surface area contributed by atoms with Gasteiger partial charge in [-0.1, -0.05) is 51.1 Å². The van der Waals surface area contributed by atoms with Crippen LogP contribution in [0.2, 0.25) is 0 Å². The Bertz CT molecular complexity index is 437. The van der Waals surface area contributed by atoms with Crippen molar-refractivity contribution in [2.24, 2.45) is 5.41 Å². The second-order valence-electron chi connectivity index (χ2n) is 6.26. The normalized spacial score (nSPS) is 13.1. The topological polar surface area (TPSA) is 17.1 Å². The molecule has 1 aromatic rings. The van der Waals surface area contributed by atoms with Crippen LogP contribution in [0.1, 0.15) is 57.1 Å². The van der Waals surface area contributed by atoms with Crippen molar-refractivity contribution in [3.05, 3.63) is 48.0 Å². The van der Waals surface area contributed by atoms with Gasteiger partial charge in [0.25, 0.3) is 0 Å². The first kappa shape index (κ1) is 15.7. The zero-order valence-corrected chi connectivity index (χ0v) is 12.7. The van der Waals surface area contributed by atoms with E-state index in [0.717, 1.165) is 12.8 Å². The number of ketones is 1. The summed E-state index contributed by atoms with van der Waals surface area (Å²) in [7, 11) is 0. The molecule has 0 fully saturated rings. The van der Waals surface area contributed by atoms with E-state index in [4.69, 9.17) is 0 Å². The van der Waals surface area contributed by atoms with Crippen LogP contribution < -0.4 is 0 Å². The lowest BCUT2D eigenvalue weighted by Crippen LogP contribution is -2.19. The van der Waals surface area contributed by atoms with Gasteiger partial charge in [-0.2, -0.15) is 0 Å². The van der Waals surface area contributed by atoms with Gasteiger partial charge in [-0.3, -0.25) is 4.79 Å². The summed E-state index contributed by atoms with van der Waals surface area (Å²) < 4.78 is 0. The zero-order chi connectivity index (χ0) is 14.5. The van der Waals surface area contributed by atoms with Crippen LogP contribution in [0.5, 0.6) is 0 Å². The van der Waals surface area contributed by atoms with Gasteiger partial charge < -0.3 is 0 Å². The molecule has 0 bridgehead atoms. The van der Waals surface area contributed by atoms with E-state index >= 15 is 0 Å². The smallest absolute Gasteiger partial charge is 0.138 e. The van der Waals surface area contributed by atoms with Crippen LogP contribution in [0.3, 0.4) is 0 Å². The average molecular weight is 258 g/mol. The molecule has 1 aromatic carbocycles. The molecule has 0 radical (unpaired) electrons. The van der Waals surface area contributed by atoms with E-state index in [9.17, 15) is 4.79 Å². The lowest BCUT2D eigenvalue weighted by Gasteiger charge is -2.18. The van der Waals surface area contributed by atoms with Gasteiger partial charge in [0.1, 0.15) is 5.78 Å². The molecule has 0 aliphatic rings. The van der Waals surface area contributed by atoms with Crippen LogP contribution in [-0.4, -0.2) is 5.78 Å². The maximum Gasteiger partial charge on any atom is 0.138 e. The van der Waals surface area contributed by atoms with Crippen LogP contribution in [0.15, 0.2) is 36.9 Å². The van der Waals surface area contributed by atoms with Gasteiger partial charge in [-0.25, -0.2) is 0 Å². The predicted octanol–water partition coefficient (Wildman–Crippen LogP) is 5.05. The monoisotopic (exact) mass is 258 g/mol. The molecule has 0 N–H and O–H groups in total. The standard InChI is InChI=1S/C18H26O/c1-6-15(16-12-8-7-10-14(16)2)11-9-13-17(19)18(3,4)5/h6-8,10,12,15H,1,9,11,13H2,2-5H3. The highest BCUT2D eigenvalue weighted by atomic mass is 16.1. The van der Waals surface area contributed by atoms with Crippen molar-refractivity contribution >= 4 is 5.78 Å². The number of benzene rings is 1. The second kappa shape index (κ2) is 6.70. The predicted molar refractivity (Wildman–Crippen MR) is 82.4 cm³/mol. The first-order chi connectivity index (χ1) is 8.86. The Hall–Kier alpha value is -1.37. The van der Waals surface area contributed by atoms with Crippen LogP contribution in [-0.2, 0) is 4.79 Å². The number of carbonyl (C=O) groups excluding carboxylic acids is 1. The molecule has 19 heavy (non-hydrogen) atoms. The third-order valence-corrected chi connectivity index (χ3v) is 3.63. The number of carbonyl (C=O) groups is 1. The second-order valence-corrected chi connectivity index (χ2v) is 6.26. The van der Waals surface area contributed by atoms with Crippen LogP contribution >= 0.6 is 0 Å². The van der Waals surface area contributed by atoms with Gasteiger partial charge in [-0.05, 0) is 30.9 Å². The van der Waals surface area contributed by atoms with Gasteiger partial charge in [0.2, 0.25) is 0 Å². The Morgan fingerprint density at radius 1 is 1.32 bits per heavy atom. The first-order valence-corrected chi connectivity index (χ1v) is 7.07. The number of Topliss-reactive ketones (excluding diaryl/α,β-unsaturated/α-hetero) is 1. The summed E-state index contributed by atoms with van der Waals surface area (Å²) in [6, 6.07) is 8.42. The molecule has 1 heteroatoms. The molecule has 0 heterocycles. The van der Waals surface area contributed by atoms with Crippen molar-refractivity contribution in [3.63, 3.8) is 0 Å². The summed E-state index contributed by atoms with van der Waals surface area (Å²) in [6.07, 6.45) is 4.60. The van der Waals surface area contributed by atoms with Crippen LogP contribution in [0.25, 0.3) is 0 Å². The van der Waals surface area contributed by atoms with E-state index in [-0.39, 0.29) is 5.41 Å². The Balaban J connectivity index is 2.58. The highest BCUT2D eigenvalue weighted by molar-refractivity contribution is 5.83. The van der Waals surface area contributed by atoms with Crippen molar-refractivity contribution in [3.8, 4) is 0 Å². The Kier molecular flexibility index (Phi) is 5.53. The molecule has 0 spiro atoms. The van der Waals surface area contributed by atoms with E-state index < -0.39 is 0 Å². The highest BCUT2D eigenvalue weighted by Gasteiger charge is 2.20. The first-order valence-electron chi connectivity index (χ1n) is 7.07. The van der Waals surface area contributed by atoms with E-state index in [0.29, 0.717) is 18.1 Å². The quantitative estimate of drug-likeness (QED) is 0.652. The minimum absolute atomic E-state index is 0.216. The molecule has 1 atom stereocenters. The molecule has 1 nitrogen and oxygen atoms in total. The number of aryl methyl sites for hydroxylation is 1. The molecule has 1 rings (SSSR count). The Labute approximate surface area is 117 Å². The summed E-state index contributed by atoms with van der Waals surface area (Å²) in [4.78, 5) is 11.9. The molecule has 104 valence electrons. The van der Waals surface area contributed by atoms with E-state index in [1.54, 1.807) is 0 Å². The minimum Gasteiger partial charge on any atom is -0.299 e. The summed E-state index contributed by atoms with van der Waals surface area (Å²) in [6.45, 7) is 12.0.